The molecule has 4 rings (SSSR count). The molecule has 2 aromatic rings. The van der Waals surface area contributed by atoms with E-state index in [4.69, 9.17) is 14.6 Å². The number of primary sulfonamides is 1. The molecular formula is C27H40N2O4S. The van der Waals surface area contributed by atoms with Crippen LogP contribution in [0, 0.1) is 12.8 Å². The van der Waals surface area contributed by atoms with Crippen molar-refractivity contribution in [2.45, 2.75) is 95.6 Å². The molecule has 0 bridgehead atoms. The molecule has 2 N–H and O–H groups in total. The van der Waals surface area contributed by atoms with Crippen LogP contribution in [0.1, 0.15) is 83.0 Å². The minimum absolute atomic E-state index is 0.162. The molecular weight excluding hydrogens is 448 g/mol. The van der Waals surface area contributed by atoms with Crippen LogP contribution in [-0.4, -0.2) is 26.7 Å². The van der Waals surface area contributed by atoms with E-state index in [2.05, 4.69) is 44.4 Å². The predicted molar refractivity (Wildman–Crippen MR) is 136 cm³/mol. The number of sulfonamides is 1. The molecule has 1 saturated carbocycles. The summed E-state index contributed by atoms with van der Waals surface area (Å²) in [4.78, 5) is 0.207. The van der Waals surface area contributed by atoms with Crippen LogP contribution in [0.25, 0.3) is 11.3 Å². The number of nitrogens with zero attached hydrogens (tertiary/aromatic N) is 1. The van der Waals surface area contributed by atoms with Gasteiger partial charge in [0.2, 0.25) is 10.0 Å². The zero-order chi connectivity index (χ0) is 24.9. The summed E-state index contributed by atoms with van der Waals surface area (Å²) in [5.41, 5.74) is 4.07. The number of ether oxygens (including phenoxy) is 2. The Kier molecular flexibility index (Phi) is 6.68. The molecule has 1 aromatic heterocycles. The first kappa shape index (κ1) is 25.3. The Bertz CT molecular complexity index is 1170. The summed E-state index contributed by atoms with van der Waals surface area (Å²) < 4.78 is 39.3. The summed E-state index contributed by atoms with van der Waals surface area (Å²) in [5, 5.41) is 5.64. The highest BCUT2D eigenvalue weighted by atomic mass is 32.2. The number of aromatic nitrogens is 1. The Morgan fingerprint density at radius 2 is 1.85 bits per heavy atom. The number of methoxy groups -OCH3 is 1. The van der Waals surface area contributed by atoms with Crippen LogP contribution in [0.15, 0.2) is 23.1 Å². The van der Waals surface area contributed by atoms with Gasteiger partial charge in [-0.15, -0.1) is 0 Å². The Balaban J connectivity index is 1.95. The molecule has 1 unspecified atom stereocenters. The molecule has 0 spiro atoms. The molecule has 1 aromatic carbocycles. The molecule has 7 heteroatoms. The van der Waals surface area contributed by atoms with Crippen LogP contribution >= 0.6 is 0 Å². The number of hydrogen-bond donors (Lipinski definition) is 1. The zero-order valence-electron chi connectivity index (χ0n) is 21.5. The van der Waals surface area contributed by atoms with E-state index in [9.17, 15) is 8.42 Å². The number of benzene rings is 1. The van der Waals surface area contributed by atoms with E-state index in [1.807, 2.05) is 6.92 Å². The lowest BCUT2D eigenvalue weighted by Gasteiger charge is -2.38. The van der Waals surface area contributed by atoms with Gasteiger partial charge in [-0.1, -0.05) is 40.0 Å². The molecule has 188 valence electrons. The lowest BCUT2D eigenvalue weighted by Crippen LogP contribution is -2.33. The average Bonchev–Trinajstić information content (AvgIpc) is 3.10. The van der Waals surface area contributed by atoms with E-state index in [0.29, 0.717) is 18.2 Å². The summed E-state index contributed by atoms with van der Waals surface area (Å²) in [6.45, 7) is 11.9. The maximum absolute atomic E-state index is 12.5. The van der Waals surface area contributed by atoms with Crippen molar-refractivity contribution in [3.63, 3.8) is 0 Å². The highest BCUT2D eigenvalue weighted by Crippen LogP contribution is 2.47. The van der Waals surface area contributed by atoms with E-state index < -0.39 is 15.6 Å². The standard InChI is InChI=1S/C27H40N2O4S/c1-18-24(34(28,30)31)16-23(29(18)17-19-10-8-7-9-11-19)20-14-21(26(2,3)4)25-22(15-20)27(5,32-6)12-13-33-25/h14-16,19H,7-13,17H2,1-6H3,(H2,28,30,31). The van der Waals surface area contributed by atoms with Crippen molar-refractivity contribution in [2.24, 2.45) is 11.1 Å². The fourth-order valence-electron chi connectivity index (χ4n) is 5.59. The number of nitrogens with two attached hydrogens (primary N) is 1. The lowest BCUT2D eigenvalue weighted by atomic mass is 9.79. The van der Waals surface area contributed by atoms with Gasteiger partial charge in [0.1, 0.15) is 10.6 Å². The fourth-order valence-corrected chi connectivity index (χ4v) is 6.39. The third-order valence-corrected chi connectivity index (χ3v) is 8.86. The topological polar surface area (TPSA) is 83.6 Å². The van der Waals surface area contributed by atoms with Crippen LogP contribution in [0.2, 0.25) is 0 Å². The highest BCUT2D eigenvalue weighted by molar-refractivity contribution is 7.89. The first-order valence-corrected chi connectivity index (χ1v) is 14.0. The number of rotatable bonds is 5. The monoisotopic (exact) mass is 488 g/mol. The zero-order valence-corrected chi connectivity index (χ0v) is 22.3. The van der Waals surface area contributed by atoms with E-state index in [1.165, 1.54) is 32.1 Å². The first-order chi connectivity index (χ1) is 15.8. The predicted octanol–water partition coefficient (Wildman–Crippen LogP) is 5.63. The van der Waals surface area contributed by atoms with Crippen LogP contribution < -0.4 is 9.88 Å². The second-order valence-electron chi connectivity index (χ2n) is 11.3. The van der Waals surface area contributed by atoms with Gasteiger partial charge in [-0.3, -0.25) is 0 Å². The van der Waals surface area contributed by atoms with Gasteiger partial charge in [0.25, 0.3) is 0 Å². The Morgan fingerprint density at radius 1 is 1.18 bits per heavy atom. The second kappa shape index (κ2) is 8.99. The summed E-state index contributed by atoms with van der Waals surface area (Å²) >= 11 is 0. The molecule has 0 radical (unpaired) electrons. The summed E-state index contributed by atoms with van der Waals surface area (Å²) in [5.74, 6) is 1.43. The van der Waals surface area contributed by atoms with E-state index >= 15 is 0 Å². The van der Waals surface area contributed by atoms with Crippen molar-refractivity contribution in [1.82, 2.24) is 4.57 Å². The number of fused-ring (bicyclic) bond motifs is 1. The Morgan fingerprint density at radius 3 is 2.44 bits per heavy atom. The van der Waals surface area contributed by atoms with Crippen molar-refractivity contribution in [3.05, 3.63) is 35.0 Å². The lowest BCUT2D eigenvalue weighted by molar-refractivity contribution is -0.0294. The molecule has 1 aliphatic carbocycles. The SMILES string of the molecule is COC1(C)CCOc2c(C(C)(C)C)cc(-c3cc(S(N)(=O)=O)c(C)n3CC3CCCCC3)cc21. The molecule has 2 heterocycles. The van der Waals surface area contributed by atoms with E-state index in [0.717, 1.165) is 41.1 Å². The van der Waals surface area contributed by atoms with Gasteiger partial charge in [-0.2, -0.15) is 0 Å². The minimum Gasteiger partial charge on any atom is -0.493 e. The van der Waals surface area contributed by atoms with Gasteiger partial charge in [-0.25, -0.2) is 13.6 Å². The van der Waals surface area contributed by atoms with E-state index in [-0.39, 0.29) is 10.3 Å². The second-order valence-corrected chi connectivity index (χ2v) is 12.9. The van der Waals surface area contributed by atoms with Gasteiger partial charge >= 0.3 is 0 Å². The normalized spacial score (nSPS) is 21.9. The summed E-state index contributed by atoms with van der Waals surface area (Å²) in [6.07, 6.45) is 6.86. The smallest absolute Gasteiger partial charge is 0.239 e. The first-order valence-electron chi connectivity index (χ1n) is 12.5. The van der Waals surface area contributed by atoms with Crippen molar-refractivity contribution in [1.29, 1.82) is 0 Å². The Hall–Kier alpha value is -1.83. The number of hydrogen-bond acceptors (Lipinski definition) is 4. The molecule has 6 nitrogen and oxygen atoms in total. The van der Waals surface area contributed by atoms with Crippen LogP contribution in [0.3, 0.4) is 0 Å². The van der Waals surface area contributed by atoms with Crippen molar-refractivity contribution in [3.8, 4) is 17.0 Å². The molecule has 1 aliphatic heterocycles. The Labute approximate surface area is 204 Å². The van der Waals surface area contributed by atoms with E-state index in [1.54, 1.807) is 13.2 Å². The van der Waals surface area contributed by atoms with Crippen molar-refractivity contribution < 1.29 is 17.9 Å². The quantitative estimate of drug-likeness (QED) is 0.591. The third-order valence-electron chi connectivity index (χ3n) is 7.83. The van der Waals surface area contributed by atoms with Gasteiger partial charge in [0, 0.05) is 42.6 Å². The summed E-state index contributed by atoms with van der Waals surface area (Å²) in [6, 6.07) is 6.06. The average molecular weight is 489 g/mol. The van der Waals surface area contributed by atoms with Crippen molar-refractivity contribution in [2.75, 3.05) is 13.7 Å². The summed E-state index contributed by atoms with van der Waals surface area (Å²) in [7, 11) is -2.09. The highest BCUT2D eigenvalue weighted by Gasteiger charge is 2.37. The largest absolute Gasteiger partial charge is 0.493 e. The van der Waals surface area contributed by atoms with Crippen molar-refractivity contribution >= 4 is 10.0 Å². The van der Waals surface area contributed by atoms with Gasteiger partial charge in [0.05, 0.1) is 12.2 Å². The third kappa shape index (κ3) is 4.67. The molecule has 0 amide bonds. The van der Waals surface area contributed by atoms with Crippen LogP contribution in [0.5, 0.6) is 5.75 Å². The van der Waals surface area contributed by atoms with Gasteiger partial charge in [0.15, 0.2) is 0 Å². The molecule has 34 heavy (non-hydrogen) atoms. The maximum atomic E-state index is 12.5. The molecule has 0 saturated heterocycles. The van der Waals surface area contributed by atoms with Crippen LogP contribution in [-0.2, 0) is 32.3 Å². The maximum Gasteiger partial charge on any atom is 0.239 e. The molecule has 1 fully saturated rings. The fraction of sp³-hybridized carbons (Fsp3) is 0.630. The minimum atomic E-state index is -3.84. The van der Waals surface area contributed by atoms with Gasteiger partial charge < -0.3 is 14.0 Å². The van der Waals surface area contributed by atoms with Crippen LogP contribution in [0.4, 0.5) is 0 Å². The molecule has 2 aliphatic rings. The van der Waals surface area contributed by atoms with Gasteiger partial charge in [-0.05, 0) is 61.8 Å². The molecule has 1 atom stereocenters.